The number of nitrogens with zero attached hydrogens (tertiary/aromatic N) is 3. The largest absolute Gasteiger partial charge is 0.351 e. The third-order valence-corrected chi connectivity index (χ3v) is 4.59. The van der Waals surface area contributed by atoms with Crippen molar-refractivity contribution in [3.8, 4) is 0 Å². The molecule has 0 fully saturated rings. The highest BCUT2D eigenvalue weighted by molar-refractivity contribution is 7.11. The molecule has 20 heavy (non-hydrogen) atoms. The first kappa shape index (κ1) is 14.9. The van der Waals surface area contributed by atoms with Crippen molar-refractivity contribution >= 4 is 28.6 Å². The minimum Gasteiger partial charge on any atom is -0.351 e. The molecule has 108 valence electrons. The van der Waals surface area contributed by atoms with E-state index in [0.29, 0.717) is 13.1 Å². The molecule has 2 aromatic rings. The van der Waals surface area contributed by atoms with Crippen LogP contribution < -0.4 is 10.6 Å². The average molecular weight is 309 g/mol. The number of aryl methyl sites for hydroxylation is 2. The van der Waals surface area contributed by atoms with Gasteiger partial charge < -0.3 is 10.6 Å². The summed E-state index contributed by atoms with van der Waals surface area (Å²) < 4.78 is 0. The van der Waals surface area contributed by atoms with Crippen LogP contribution >= 0.6 is 22.7 Å². The zero-order valence-electron chi connectivity index (χ0n) is 11.9. The monoisotopic (exact) mass is 309 g/mol. The fourth-order valence-corrected chi connectivity index (χ4v) is 3.10. The third-order valence-electron chi connectivity index (χ3n) is 2.64. The molecule has 2 N–H and O–H groups in total. The third kappa shape index (κ3) is 4.28. The number of thiazole rings is 2. The van der Waals surface area contributed by atoms with E-state index in [0.717, 1.165) is 23.1 Å². The van der Waals surface area contributed by atoms with Gasteiger partial charge in [-0.25, -0.2) is 9.97 Å². The highest BCUT2D eigenvalue weighted by atomic mass is 32.1. The Hall–Kier alpha value is -1.47. The van der Waals surface area contributed by atoms with E-state index in [1.54, 1.807) is 29.7 Å². The summed E-state index contributed by atoms with van der Waals surface area (Å²) in [5.41, 5.74) is 1.06. The Bertz CT molecular complexity index is 573. The molecule has 0 spiro atoms. The highest BCUT2D eigenvalue weighted by Gasteiger charge is 2.04. The summed E-state index contributed by atoms with van der Waals surface area (Å²) in [7, 11) is 1.76. The van der Waals surface area contributed by atoms with E-state index in [2.05, 4.69) is 44.8 Å². The van der Waals surface area contributed by atoms with Crippen molar-refractivity contribution in [2.75, 3.05) is 7.05 Å². The van der Waals surface area contributed by atoms with Gasteiger partial charge in [-0.05, 0) is 13.3 Å². The SMILES string of the molecule is CCc1nc(CNC(=NC)NCc2ncc(C)s2)cs1. The van der Waals surface area contributed by atoms with Crippen molar-refractivity contribution in [3.63, 3.8) is 0 Å². The van der Waals surface area contributed by atoms with Gasteiger partial charge in [0, 0.05) is 23.5 Å². The number of aromatic nitrogens is 2. The number of guanidine groups is 1. The van der Waals surface area contributed by atoms with Crippen molar-refractivity contribution in [1.29, 1.82) is 0 Å². The second-order valence-electron chi connectivity index (χ2n) is 4.23. The first-order valence-electron chi connectivity index (χ1n) is 6.50. The van der Waals surface area contributed by atoms with E-state index >= 15 is 0 Å². The lowest BCUT2D eigenvalue weighted by molar-refractivity contribution is 0.792. The summed E-state index contributed by atoms with van der Waals surface area (Å²) in [6.07, 6.45) is 2.88. The van der Waals surface area contributed by atoms with Crippen LogP contribution in [0.25, 0.3) is 0 Å². The number of hydrogen-bond donors (Lipinski definition) is 2. The molecule has 2 rings (SSSR count). The van der Waals surface area contributed by atoms with Crippen LogP contribution in [0.1, 0.15) is 27.5 Å². The molecule has 0 aliphatic rings. The van der Waals surface area contributed by atoms with Gasteiger partial charge in [0.05, 0.1) is 23.8 Å². The predicted octanol–water partition coefficient (Wildman–Crippen LogP) is 2.34. The molecule has 5 nitrogen and oxygen atoms in total. The molecule has 0 atom stereocenters. The molecule has 7 heteroatoms. The maximum atomic E-state index is 4.52. The Morgan fingerprint density at radius 1 is 1.30 bits per heavy atom. The first-order chi connectivity index (χ1) is 9.71. The van der Waals surface area contributed by atoms with Crippen molar-refractivity contribution in [3.05, 3.63) is 32.2 Å². The number of nitrogens with one attached hydrogen (secondary N) is 2. The van der Waals surface area contributed by atoms with Crippen molar-refractivity contribution in [2.45, 2.75) is 33.4 Å². The summed E-state index contributed by atoms with van der Waals surface area (Å²) in [5, 5.41) is 10.8. The van der Waals surface area contributed by atoms with E-state index in [1.807, 2.05) is 6.20 Å². The quantitative estimate of drug-likeness (QED) is 0.657. The molecular weight excluding hydrogens is 290 g/mol. The van der Waals surface area contributed by atoms with Crippen LogP contribution in [0.15, 0.2) is 16.6 Å². The van der Waals surface area contributed by atoms with Gasteiger partial charge in [0.25, 0.3) is 0 Å². The topological polar surface area (TPSA) is 62.2 Å². The van der Waals surface area contributed by atoms with E-state index < -0.39 is 0 Å². The van der Waals surface area contributed by atoms with Gasteiger partial charge >= 0.3 is 0 Å². The van der Waals surface area contributed by atoms with Crippen molar-refractivity contribution in [1.82, 2.24) is 20.6 Å². The Balaban J connectivity index is 1.80. The molecule has 0 aromatic carbocycles. The first-order valence-corrected chi connectivity index (χ1v) is 8.20. The van der Waals surface area contributed by atoms with Gasteiger partial charge in [0.2, 0.25) is 0 Å². The van der Waals surface area contributed by atoms with Crippen LogP contribution in [0.2, 0.25) is 0 Å². The highest BCUT2D eigenvalue weighted by Crippen LogP contribution is 2.11. The smallest absolute Gasteiger partial charge is 0.191 e. The van der Waals surface area contributed by atoms with Gasteiger partial charge in [0.1, 0.15) is 5.01 Å². The molecule has 0 bridgehead atoms. The second-order valence-corrected chi connectivity index (χ2v) is 6.49. The molecule has 0 saturated carbocycles. The maximum absolute atomic E-state index is 4.52. The van der Waals surface area contributed by atoms with E-state index in [1.165, 1.54) is 9.88 Å². The molecule has 0 radical (unpaired) electrons. The number of aliphatic imine (C=N–C) groups is 1. The molecule has 2 heterocycles. The second kappa shape index (κ2) is 7.35. The van der Waals surface area contributed by atoms with Crippen LogP contribution in [0.3, 0.4) is 0 Å². The van der Waals surface area contributed by atoms with Gasteiger partial charge in [0.15, 0.2) is 5.96 Å². The van der Waals surface area contributed by atoms with Crippen LogP contribution in [0, 0.1) is 6.92 Å². The molecule has 0 saturated heterocycles. The minimum absolute atomic E-state index is 0.688. The predicted molar refractivity (Wildman–Crippen MR) is 85.4 cm³/mol. The normalized spacial score (nSPS) is 11.7. The Morgan fingerprint density at radius 3 is 2.70 bits per heavy atom. The summed E-state index contributed by atoms with van der Waals surface area (Å²) in [4.78, 5) is 14.3. The zero-order chi connectivity index (χ0) is 14.4. The maximum Gasteiger partial charge on any atom is 0.191 e. The van der Waals surface area contributed by atoms with E-state index in [4.69, 9.17) is 0 Å². The fourth-order valence-electron chi connectivity index (χ4n) is 1.63. The van der Waals surface area contributed by atoms with Crippen molar-refractivity contribution in [2.24, 2.45) is 4.99 Å². The lowest BCUT2D eigenvalue weighted by Crippen LogP contribution is -2.36. The molecule has 0 unspecified atom stereocenters. The van der Waals surface area contributed by atoms with Crippen LogP contribution in [-0.4, -0.2) is 23.0 Å². The van der Waals surface area contributed by atoms with Crippen LogP contribution in [-0.2, 0) is 19.5 Å². The van der Waals surface area contributed by atoms with Gasteiger partial charge in [-0.2, -0.15) is 0 Å². The van der Waals surface area contributed by atoms with Crippen LogP contribution in [0.4, 0.5) is 0 Å². The molecule has 2 aromatic heterocycles. The minimum atomic E-state index is 0.688. The Morgan fingerprint density at radius 2 is 2.10 bits per heavy atom. The summed E-state index contributed by atoms with van der Waals surface area (Å²) >= 11 is 3.40. The molecular formula is C13H19N5S2. The van der Waals surface area contributed by atoms with E-state index in [-0.39, 0.29) is 0 Å². The Kier molecular flexibility index (Phi) is 5.49. The van der Waals surface area contributed by atoms with Crippen LogP contribution in [0.5, 0.6) is 0 Å². The van der Waals surface area contributed by atoms with Gasteiger partial charge in [-0.3, -0.25) is 4.99 Å². The van der Waals surface area contributed by atoms with E-state index in [9.17, 15) is 0 Å². The number of hydrogen-bond acceptors (Lipinski definition) is 5. The lowest BCUT2D eigenvalue weighted by Gasteiger charge is -2.09. The molecule has 0 aliphatic heterocycles. The molecule has 0 amide bonds. The lowest BCUT2D eigenvalue weighted by atomic mass is 10.4. The van der Waals surface area contributed by atoms with Gasteiger partial charge in [-0.15, -0.1) is 22.7 Å². The summed E-state index contributed by atoms with van der Waals surface area (Å²) in [6.45, 7) is 5.55. The zero-order valence-corrected chi connectivity index (χ0v) is 13.6. The average Bonchev–Trinajstić information content (AvgIpc) is 3.08. The van der Waals surface area contributed by atoms with Gasteiger partial charge in [-0.1, -0.05) is 6.92 Å². The standard InChI is InChI=1S/C13H19N5S2/c1-4-11-18-10(8-19-11)6-16-13(14-3)17-7-12-15-5-9(2)20-12/h5,8H,4,6-7H2,1-3H3,(H2,14,16,17). The van der Waals surface area contributed by atoms with Crippen molar-refractivity contribution < 1.29 is 0 Å². The number of rotatable bonds is 5. The fraction of sp³-hybridized carbons (Fsp3) is 0.462. The summed E-state index contributed by atoms with van der Waals surface area (Å²) in [6, 6.07) is 0. The summed E-state index contributed by atoms with van der Waals surface area (Å²) in [5.74, 6) is 0.768. The molecule has 0 aliphatic carbocycles. The Labute approximate surface area is 127 Å².